The molecule has 0 radical (unpaired) electrons. The van der Waals surface area contributed by atoms with Crippen LogP contribution >= 0.6 is 0 Å². The SMILES string of the molecule is CCCCCCCCCCCCC(O)C(CO)NC(=O)CC. The number of rotatable bonds is 15. The predicted octanol–water partition coefficient (Wildman–Crippen LogP) is 3.55. The zero-order valence-corrected chi connectivity index (χ0v) is 14.6. The van der Waals surface area contributed by atoms with Crippen molar-refractivity contribution < 1.29 is 15.0 Å². The van der Waals surface area contributed by atoms with Crippen LogP contribution < -0.4 is 5.32 Å². The predicted molar refractivity (Wildman–Crippen MR) is 91.8 cm³/mol. The lowest BCUT2D eigenvalue weighted by Gasteiger charge is -2.22. The molecule has 0 fully saturated rings. The van der Waals surface area contributed by atoms with E-state index in [1.165, 1.54) is 51.4 Å². The van der Waals surface area contributed by atoms with Crippen LogP contribution in [0.25, 0.3) is 0 Å². The molecule has 0 spiro atoms. The second kappa shape index (κ2) is 15.3. The summed E-state index contributed by atoms with van der Waals surface area (Å²) in [6, 6.07) is -0.522. The first-order valence-corrected chi connectivity index (χ1v) is 9.23. The van der Waals surface area contributed by atoms with Crippen molar-refractivity contribution in [2.45, 2.75) is 103 Å². The van der Waals surface area contributed by atoms with E-state index < -0.39 is 12.1 Å². The van der Waals surface area contributed by atoms with Crippen molar-refractivity contribution in [3.63, 3.8) is 0 Å². The Labute approximate surface area is 136 Å². The third-order valence-electron chi connectivity index (χ3n) is 4.18. The van der Waals surface area contributed by atoms with Crippen molar-refractivity contribution in [3.05, 3.63) is 0 Å². The highest BCUT2D eigenvalue weighted by molar-refractivity contribution is 5.75. The lowest BCUT2D eigenvalue weighted by Crippen LogP contribution is -2.45. The molecule has 2 atom stereocenters. The zero-order valence-electron chi connectivity index (χ0n) is 14.6. The highest BCUT2D eigenvalue weighted by Crippen LogP contribution is 2.13. The quantitative estimate of drug-likeness (QED) is 0.405. The maximum atomic E-state index is 11.3. The molecule has 3 N–H and O–H groups in total. The van der Waals surface area contributed by atoms with Crippen molar-refractivity contribution in [2.24, 2.45) is 0 Å². The van der Waals surface area contributed by atoms with Crippen LogP contribution in [0.15, 0.2) is 0 Å². The van der Waals surface area contributed by atoms with Gasteiger partial charge in [-0.2, -0.15) is 0 Å². The van der Waals surface area contributed by atoms with E-state index in [1.807, 2.05) is 0 Å². The van der Waals surface area contributed by atoms with Crippen LogP contribution in [-0.4, -0.2) is 34.9 Å². The third-order valence-corrected chi connectivity index (χ3v) is 4.18. The van der Waals surface area contributed by atoms with Gasteiger partial charge in [0.15, 0.2) is 0 Å². The minimum Gasteiger partial charge on any atom is -0.394 e. The molecule has 0 heterocycles. The van der Waals surface area contributed by atoms with Gasteiger partial charge in [0, 0.05) is 6.42 Å². The van der Waals surface area contributed by atoms with Gasteiger partial charge in [-0.1, -0.05) is 78.1 Å². The maximum absolute atomic E-state index is 11.3. The van der Waals surface area contributed by atoms with Crippen LogP contribution in [0, 0.1) is 0 Å². The second-order valence-electron chi connectivity index (χ2n) is 6.25. The van der Waals surface area contributed by atoms with Crippen molar-refractivity contribution in [3.8, 4) is 0 Å². The second-order valence-corrected chi connectivity index (χ2v) is 6.25. The average Bonchev–Trinajstić information content (AvgIpc) is 2.53. The molecular weight excluding hydrogens is 278 g/mol. The van der Waals surface area contributed by atoms with Gasteiger partial charge in [-0.3, -0.25) is 4.79 Å². The molecule has 22 heavy (non-hydrogen) atoms. The zero-order chi connectivity index (χ0) is 16.6. The minimum absolute atomic E-state index is 0.124. The summed E-state index contributed by atoms with van der Waals surface area (Å²) in [6.45, 7) is 3.80. The molecule has 4 nitrogen and oxygen atoms in total. The van der Waals surface area contributed by atoms with Gasteiger partial charge in [0.2, 0.25) is 5.91 Å². The van der Waals surface area contributed by atoms with E-state index in [1.54, 1.807) is 6.92 Å². The fourth-order valence-corrected chi connectivity index (χ4v) is 2.61. The van der Waals surface area contributed by atoms with E-state index in [2.05, 4.69) is 12.2 Å². The largest absolute Gasteiger partial charge is 0.394 e. The van der Waals surface area contributed by atoms with Crippen LogP contribution in [0.2, 0.25) is 0 Å². The van der Waals surface area contributed by atoms with Gasteiger partial charge in [-0.25, -0.2) is 0 Å². The number of aliphatic hydroxyl groups excluding tert-OH is 2. The van der Waals surface area contributed by atoms with E-state index in [0.29, 0.717) is 12.8 Å². The summed E-state index contributed by atoms with van der Waals surface area (Å²) in [5.41, 5.74) is 0. The molecule has 132 valence electrons. The van der Waals surface area contributed by atoms with Gasteiger partial charge in [0.1, 0.15) is 0 Å². The number of unbranched alkanes of at least 4 members (excludes halogenated alkanes) is 9. The van der Waals surface area contributed by atoms with Crippen molar-refractivity contribution in [1.29, 1.82) is 0 Å². The monoisotopic (exact) mass is 315 g/mol. The summed E-state index contributed by atoms with van der Waals surface area (Å²) in [6.07, 6.45) is 13.0. The highest BCUT2D eigenvalue weighted by Gasteiger charge is 2.19. The molecule has 0 saturated carbocycles. The lowest BCUT2D eigenvalue weighted by atomic mass is 10.0. The maximum Gasteiger partial charge on any atom is 0.220 e. The Bertz CT molecular complexity index is 259. The van der Waals surface area contributed by atoms with E-state index in [0.717, 1.165) is 12.8 Å². The molecule has 0 aliphatic carbocycles. The summed E-state index contributed by atoms with van der Waals surface area (Å²) in [5, 5.41) is 21.9. The Morgan fingerprint density at radius 2 is 1.41 bits per heavy atom. The Morgan fingerprint density at radius 3 is 1.86 bits per heavy atom. The number of aliphatic hydroxyl groups is 2. The topological polar surface area (TPSA) is 69.6 Å². The van der Waals surface area contributed by atoms with Gasteiger partial charge < -0.3 is 15.5 Å². The van der Waals surface area contributed by atoms with Gasteiger partial charge >= 0.3 is 0 Å². The summed E-state index contributed by atoms with van der Waals surface area (Å²) in [5.74, 6) is -0.124. The minimum atomic E-state index is -0.644. The molecule has 0 aromatic heterocycles. The fourth-order valence-electron chi connectivity index (χ4n) is 2.61. The van der Waals surface area contributed by atoms with Gasteiger partial charge in [0.05, 0.1) is 18.8 Å². The van der Waals surface area contributed by atoms with Crippen LogP contribution in [0.5, 0.6) is 0 Å². The first kappa shape index (κ1) is 21.4. The highest BCUT2D eigenvalue weighted by atomic mass is 16.3. The van der Waals surface area contributed by atoms with Crippen molar-refractivity contribution in [2.75, 3.05) is 6.61 Å². The van der Waals surface area contributed by atoms with Crippen LogP contribution in [0.1, 0.15) is 90.9 Å². The fraction of sp³-hybridized carbons (Fsp3) is 0.944. The van der Waals surface area contributed by atoms with E-state index in [4.69, 9.17) is 0 Å². The molecule has 1 amide bonds. The van der Waals surface area contributed by atoms with E-state index in [9.17, 15) is 15.0 Å². The number of nitrogens with one attached hydrogen (secondary N) is 1. The molecule has 0 aromatic rings. The Morgan fingerprint density at radius 1 is 0.909 bits per heavy atom. The average molecular weight is 315 g/mol. The van der Waals surface area contributed by atoms with Crippen LogP contribution in [0.4, 0.5) is 0 Å². The van der Waals surface area contributed by atoms with Crippen LogP contribution in [0.3, 0.4) is 0 Å². The molecule has 2 unspecified atom stereocenters. The van der Waals surface area contributed by atoms with E-state index in [-0.39, 0.29) is 12.5 Å². The number of amides is 1. The number of hydrogen-bond acceptors (Lipinski definition) is 3. The summed E-state index contributed by atoms with van der Waals surface area (Å²) >= 11 is 0. The van der Waals surface area contributed by atoms with Crippen molar-refractivity contribution >= 4 is 5.91 Å². The molecule has 0 bridgehead atoms. The smallest absolute Gasteiger partial charge is 0.220 e. The number of carbonyl (C=O) groups excluding carboxylic acids is 1. The summed E-state index contributed by atoms with van der Waals surface area (Å²) < 4.78 is 0. The summed E-state index contributed by atoms with van der Waals surface area (Å²) in [7, 11) is 0. The normalized spacial score (nSPS) is 13.8. The molecular formula is C18H37NO3. The first-order chi connectivity index (χ1) is 10.7. The third kappa shape index (κ3) is 12.0. The van der Waals surface area contributed by atoms with Gasteiger partial charge in [0.25, 0.3) is 0 Å². The van der Waals surface area contributed by atoms with Gasteiger partial charge in [-0.15, -0.1) is 0 Å². The molecule has 0 saturated heterocycles. The van der Waals surface area contributed by atoms with Gasteiger partial charge in [-0.05, 0) is 6.42 Å². The molecule has 0 aromatic carbocycles. The Balaban J connectivity index is 3.50. The number of hydrogen-bond donors (Lipinski definition) is 3. The Kier molecular flexibility index (Phi) is 14.9. The van der Waals surface area contributed by atoms with Crippen LogP contribution in [-0.2, 0) is 4.79 Å². The van der Waals surface area contributed by atoms with E-state index >= 15 is 0 Å². The number of carbonyl (C=O) groups is 1. The molecule has 0 rings (SSSR count). The summed E-state index contributed by atoms with van der Waals surface area (Å²) in [4.78, 5) is 11.3. The Hall–Kier alpha value is -0.610. The first-order valence-electron chi connectivity index (χ1n) is 9.23. The molecule has 0 aliphatic heterocycles. The molecule has 0 aliphatic rings. The lowest BCUT2D eigenvalue weighted by molar-refractivity contribution is -0.122. The standard InChI is InChI=1S/C18H37NO3/c1-3-5-6-7-8-9-10-11-12-13-14-17(21)16(15-20)19-18(22)4-2/h16-17,20-21H,3-15H2,1-2H3,(H,19,22). The molecule has 4 heteroatoms. The van der Waals surface area contributed by atoms with Crippen molar-refractivity contribution in [1.82, 2.24) is 5.32 Å².